The zero-order valence-electron chi connectivity index (χ0n) is 25.5. The van der Waals surface area contributed by atoms with Gasteiger partial charge in [-0.1, -0.05) is 12.1 Å². The Balaban J connectivity index is 1.16. The van der Waals surface area contributed by atoms with Crippen LogP contribution in [0.15, 0.2) is 70.5 Å². The van der Waals surface area contributed by atoms with E-state index in [2.05, 4.69) is 25.3 Å². The van der Waals surface area contributed by atoms with Crippen molar-refractivity contribution in [3.8, 4) is 11.8 Å². The fraction of sp³-hybridized carbons (Fsp3) is 0.387. The van der Waals surface area contributed by atoms with Crippen molar-refractivity contribution in [3.63, 3.8) is 0 Å². The minimum Gasteiger partial charge on any atom is -0.474 e. The zero-order valence-corrected chi connectivity index (χ0v) is 25.5. The summed E-state index contributed by atoms with van der Waals surface area (Å²) in [5.41, 5.74) is 9.32. The first-order valence-electron chi connectivity index (χ1n) is 15.4. The first kappa shape index (κ1) is 29.9. The van der Waals surface area contributed by atoms with Crippen LogP contribution in [-0.4, -0.2) is 125 Å². The van der Waals surface area contributed by atoms with Crippen LogP contribution in [0.1, 0.15) is 0 Å². The number of aromatic nitrogens is 4. The molecule has 0 saturated carbocycles. The van der Waals surface area contributed by atoms with E-state index < -0.39 is 0 Å². The topological polar surface area (TPSA) is 165 Å². The summed E-state index contributed by atoms with van der Waals surface area (Å²) in [5, 5.41) is 21.1. The molecule has 7 heterocycles. The highest BCUT2D eigenvalue weighted by atomic mass is 16.5. The van der Waals surface area contributed by atoms with Gasteiger partial charge in [0, 0.05) is 51.7 Å². The van der Waals surface area contributed by atoms with Gasteiger partial charge >= 0.3 is 0 Å². The number of nitrogens with zero attached hydrogens (tertiary/aromatic N) is 8. The lowest BCUT2D eigenvalue weighted by atomic mass is 10.2. The summed E-state index contributed by atoms with van der Waals surface area (Å²) in [6.07, 6.45) is 5.21. The Bertz CT molecular complexity index is 1800. The number of ether oxygens (including phenoxy) is 4. The molecule has 3 aliphatic rings. The molecule has 0 radical (unpaired) electrons. The number of hydrogen-bond acceptors (Lipinski definition) is 12. The molecule has 4 aromatic heterocycles. The van der Waals surface area contributed by atoms with E-state index in [0.717, 1.165) is 76.7 Å². The van der Waals surface area contributed by atoms with Gasteiger partial charge < -0.3 is 30.0 Å². The minimum absolute atomic E-state index is 0.104. The first-order valence-corrected chi connectivity index (χ1v) is 15.4. The smallest absolute Gasteiger partial charge is 0.260 e. The molecule has 0 unspecified atom stereocenters. The van der Waals surface area contributed by atoms with E-state index in [1.165, 1.54) is 6.08 Å². The van der Waals surface area contributed by atoms with Crippen molar-refractivity contribution in [2.75, 3.05) is 78.9 Å². The van der Waals surface area contributed by atoms with Crippen molar-refractivity contribution in [3.05, 3.63) is 60.6 Å². The summed E-state index contributed by atoms with van der Waals surface area (Å²) in [6, 6.07) is 11.4. The number of fused-ring (bicyclic) bond motifs is 2. The van der Waals surface area contributed by atoms with Crippen LogP contribution in [0, 0.1) is 5.41 Å². The molecule has 15 nitrogen and oxygen atoms in total. The number of nitrogens with one attached hydrogen (secondary N) is 2. The Morgan fingerprint density at radius 2 is 1.26 bits per heavy atom. The lowest BCUT2D eigenvalue weighted by Crippen LogP contribution is -2.42. The van der Waals surface area contributed by atoms with Crippen molar-refractivity contribution < 1.29 is 18.9 Å². The highest BCUT2D eigenvalue weighted by molar-refractivity contribution is 6.50. The quantitative estimate of drug-likeness (QED) is 0.235. The van der Waals surface area contributed by atoms with Crippen LogP contribution in [0.4, 0.5) is 11.4 Å². The van der Waals surface area contributed by atoms with Gasteiger partial charge in [0.25, 0.3) is 11.8 Å². The lowest BCUT2D eigenvalue weighted by molar-refractivity contribution is 0.0319. The normalized spacial score (nSPS) is 20.0. The molecule has 0 aliphatic carbocycles. The van der Waals surface area contributed by atoms with Gasteiger partial charge in [0.2, 0.25) is 0 Å². The standard InChI is InChI=1S/C31H37N11O4/c32-22-21-23(33)29(35-27-25-6-2-4-8-42(25)38-31(27)46-20-14-40-11-17-44-18-12-40)36-28(22)34-26-24-5-1-3-7-41(24)37-30(26)45-19-13-39-9-15-43-16-10-39/h1-8,21,32H,9-20,33H2,(H,34,35,36). The SMILES string of the molecule is N=C1C=C(N)C(=Nc2c(OCCN3CCOCC3)nn3ccccc23)NC1=Nc1c(OCCN2CCOCC2)nn2ccccc12. The van der Waals surface area contributed by atoms with E-state index in [0.29, 0.717) is 47.9 Å². The summed E-state index contributed by atoms with van der Waals surface area (Å²) in [4.78, 5) is 14.3. The number of rotatable bonds is 10. The molecule has 0 amide bonds. The third kappa shape index (κ3) is 6.57. The summed E-state index contributed by atoms with van der Waals surface area (Å²) in [7, 11) is 0. The van der Waals surface area contributed by atoms with Gasteiger partial charge in [0.15, 0.2) is 23.0 Å². The maximum atomic E-state index is 8.68. The number of amidine groups is 2. The summed E-state index contributed by atoms with van der Waals surface area (Å²) in [5.74, 6) is 1.36. The van der Waals surface area contributed by atoms with Crippen LogP contribution >= 0.6 is 0 Å². The third-order valence-corrected chi connectivity index (χ3v) is 7.98. The van der Waals surface area contributed by atoms with Crippen molar-refractivity contribution >= 4 is 39.8 Å². The van der Waals surface area contributed by atoms with Gasteiger partial charge in [-0.25, -0.2) is 19.0 Å². The van der Waals surface area contributed by atoms with Gasteiger partial charge in [-0.2, -0.15) is 0 Å². The molecule has 0 bridgehead atoms. The van der Waals surface area contributed by atoms with Crippen molar-refractivity contribution in [1.82, 2.24) is 34.3 Å². The molecule has 0 spiro atoms. The third-order valence-electron chi connectivity index (χ3n) is 7.98. The molecular weight excluding hydrogens is 590 g/mol. The second-order valence-corrected chi connectivity index (χ2v) is 11.0. The van der Waals surface area contributed by atoms with Crippen LogP contribution < -0.4 is 20.5 Å². The molecule has 15 heteroatoms. The summed E-state index contributed by atoms with van der Waals surface area (Å²) in [6.45, 7) is 8.75. The van der Waals surface area contributed by atoms with E-state index in [1.54, 1.807) is 9.03 Å². The predicted molar refractivity (Wildman–Crippen MR) is 173 cm³/mol. The Labute approximate surface area is 265 Å². The lowest BCUT2D eigenvalue weighted by Gasteiger charge is -2.26. The fourth-order valence-corrected chi connectivity index (χ4v) is 5.47. The maximum Gasteiger partial charge on any atom is 0.260 e. The average Bonchev–Trinajstić information content (AvgIpc) is 3.61. The number of pyridine rings is 2. The molecule has 0 atom stereocenters. The highest BCUT2D eigenvalue weighted by Gasteiger charge is 2.24. The monoisotopic (exact) mass is 627 g/mol. The number of morpholine rings is 2. The van der Waals surface area contributed by atoms with Crippen LogP contribution in [0.25, 0.3) is 11.0 Å². The molecule has 3 aliphatic heterocycles. The van der Waals surface area contributed by atoms with Crippen LogP contribution in [-0.2, 0) is 9.47 Å². The van der Waals surface area contributed by atoms with Gasteiger partial charge in [-0.05, 0) is 30.3 Å². The van der Waals surface area contributed by atoms with E-state index in [-0.39, 0.29) is 11.5 Å². The summed E-state index contributed by atoms with van der Waals surface area (Å²) < 4.78 is 26.7. The van der Waals surface area contributed by atoms with Crippen LogP contribution in [0.5, 0.6) is 11.8 Å². The van der Waals surface area contributed by atoms with Crippen molar-refractivity contribution in [2.45, 2.75) is 0 Å². The van der Waals surface area contributed by atoms with E-state index >= 15 is 0 Å². The maximum absolute atomic E-state index is 8.68. The molecule has 2 fully saturated rings. The second-order valence-electron chi connectivity index (χ2n) is 11.0. The van der Waals surface area contributed by atoms with Crippen LogP contribution in [0.2, 0.25) is 0 Å². The number of hydrogen-bond donors (Lipinski definition) is 3. The zero-order chi connectivity index (χ0) is 31.3. The Hall–Kier alpha value is -4.83. The van der Waals surface area contributed by atoms with Gasteiger partial charge in [-0.3, -0.25) is 15.2 Å². The Morgan fingerprint density at radius 3 is 1.78 bits per heavy atom. The fourth-order valence-electron chi connectivity index (χ4n) is 5.47. The van der Waals surface area contributed by atoms with Gasteiger partial charge in [0.05, 0.1) is 48.9 Å². The highest BCUT2D eigenvalue weighted by Crippen LogP contribution is 2.34. The molecular formula is C31H37N11O4. The van der Waals surface area contributed by atoms with Crippen molar-refractivity contribution in [1.29, 1.82) is 5.41 Å². The van der Waals surface area contributed by atoms with Crippen LogP contribution in [0.3, 0.4) is 0 Å². The number of nitrogens with two attached hydrogens (primary N) is 1. The molecule has 240 valence electrons. The molecule has 46 heavy (non-hydrogen) atoms. The molecule has 4 N–H and O–H groups in total. The van der Waals surface area contributed by atoms with E-state index in [1.807, 2.05) is 48.8 Å². The Morgan fingerprint density at radius 1 is 0.761 bits per heavy atom. The first-order chi connectivity index (χ1) is 22.6. The van der Waals surface area contributed by atoms with E-state index in [9.17, 15) is 0 Å². The molecule has 0 aromatic carbocycles. The van der Waals surface area contributed by atoms with Crippen molar-refractivity contribution in [2.24, 2.45) is 15.7 Å². The molecule has 7 rings (SSSR count). The van der Waals surface area contributed by atoms with E-state index in [4.69, 9.17) is 40.1 Å². The largest absolute Gasteiger partial charge is 0.474 e. The minimum atomic E-state index is 0.104. The second kappa shape index (κ2) is 13.7. The Kier molecular flexibility index (Phi) is 8.87. The molecule has 4 aromatic rings. The average molecular weight is 628 g/mol. The predicted octanol–water partition coefficient (Wildman–Crippen LogP) is 1.63. The number of aliphatic imine (C=N–C) groups is 2. The van der Waals surface area contributed by atoms with Gasteiger partial charge in [-0.15, -0.1) is 10.2 Å². The molecule has 2 saturated heterocycles. The van der Waals surface area contributed by atoms with Gasteiger partial charge in [0.1, 0.15) is 13.2 Å². The summed E-state index contributed by atoms with van der Waals surface area (Å²) >= 11 is 0.